The zero-order valence-corrected chi connectivity index (χ0v) is 10.8. The van der Waals surface area contributed by atoms with Crippen molar-refractivity contribution in [2.75, 3.05) is 11.9 Å². The summed E-state index contributed by atoms with van der Waals surface area (Å²) in [5.74, 6) is 0. The number of aromatic nitrogens is 1. The number of carbonyl (C=O) groups excluding carboxylic acids is 1. The first-order chi connectivity index (χ1) is 8.70. The van der Waals surface area contributed by atoms with Crippen molar-refractivity contribution in [2.45, 2.75) is 6.54 Å². The first-order valence-electron chi connectivity index (χ1n) is 5.55. The average molecular weight is 261 g/mol. The first-order valence-corrected chi connectivity index (χ1v) is 5.93. The molecule has 3 nitrogen and oxygen atoms in total. The lowest BCUT2D eigenvalue weighted by molar-refractivity contribution is 0.112. The Morgan fingerprint density at radius 3 is 2.67 bits per heavy atom. The third-order valence-electron chi connectivity index (χ3n) is 2.70. The van der Waals surface area contributed by atoms with E-state index >= 15 is 0 Å². The van der Waals surface area contributed by atoms with E-state index in [1.165, 1.54) is 0 Å². The molecule has 0 saturated carbocycles. The van der Waals surface area contributed by atoms with Crippen molar-refractivity contribution >= 4 is 23.6 Å². The Bertz CT molecular complexity index is 543. The molecule has 0 bridgehead atoms. The Balaban J connectivity index is 2.23. The Morgan fingerprint density at radius 2 is 2.00 bits per heavy atom. The Labute approximate surface area is 111 Å². The summed E-state index contributed by atoms with van der Waals surface area (Å²) in [5, 5.41) is 0.568. The van der Waals surface area contributed by atoms with E-state index in [0.717, 1.165) is 17.5 Å². The fourth-order valence-corrected chi connectivity index (χ4v) is 2.00. The predicted octanol–water partition coefficient (Wildman–Crippen LogP) is 3.18. The van der Waals surface area contributed by atoms with E-state index < -0.39 is 0 Å². The van der Waals surface area contributed by atoms with Gasteiger partial charge in [-0.25, -0.2) is 0 Å². The minimum Gasteiger partial charge on any atom is -0.370 e. The molecule has 18 heavy (non-hydrogen) atoms. The summed E-state index contributed by atoms with van der Waals surface area (Å²) in [4.78, 5) is 17.0. The Morgan fingerprint density at radius 1 is 1.28 bits per heavy atom. The smallest absolute Gasteiger partial charge is 0.152 e. The number of hydrogen-bond donors (Lipinski definition) is 0. The zero-order chi connectivity index (χ0) is 13.0. The van der Waals surface area contributed by atoms with Crippen LogP contribution in [-0.4, -0.2) is 18.3 Å². The number of halogens is 1. The van der Waals surface area contributed by atoms with Crippen LogP contribution < -0.4 is 4.90 Å². The number of aldehydes is 1. The molecule has 0 spiro atoms. The van der Waals surface area contributed by atoms with E-state index in [4.69, 9.17) is 11.6 Å². The maximum absolute atomic E-state index is 11.0. The highest BCUT2D eigenvalue weighted by molar-refractivity contribution is 6.31. The lowest BCUT2D eigenvalue weighted by Gasteiger charge is -2.21. The molecular formula is C14H13ClN2O. The van der Waals surface area contributed by atoms with Crippen molar-refractivity contribution in [1.82, 2.24) is 4.98 Å². The Hall–Kier alpha value is -1.87. The van der Waals surface area contributed by atoms with Crippen molar-refractivity contribution in [3.63, 3.8) is 0 Å². The SMILES string of the molecule is CN(Cc1ccncc1)c1ccc(Cl)cc1C=O. The molecule has 0 radical (unpaired) electrons. The van der Waals surface area contributed by atoms with Gasteiger partial charge in [0, 0.05) is 42.3 Å². The molecule has 0 unspecified atom stereocenters. The highest BCUT2D eigenvalue weighted by Crippen LogP contribution is 2.23. The van der Waals surface area contributed by atoms with Crippen LogP contribution in [0.25, 0.3) is 0 Å². The molecule has 0 amide bonds. The highest BCUT2D eigenvalue weighted by atomic mass is 35.5. The third-order valence-corrected chi connectivity index (χ3v) is 2.93. The number of nitrogens with zero attached hydrogens (tertiary/aromatic N) is 2. The standard InChI is InChI=1S/C14H13ClN2O/c1-17(9-11-4-6-16-7-5-11)14-3-2-13(15)8-12(14)10-18/h2-8,10H,9H2,1H3. The van der Waals surface area contributed by atoms with Crippen LogP contribution in [0.5, 0.6) is 0 Å². The topological polar surface area (TPSA) is 33.2 Å². The van der Waals surface area contributed by atoms with E-state index in [2.05, 4.69) is 4.98 Å². The highest BCUT2D eigenvalue weighted by Gasteiger charge is 2.08. The number of rotatable bonds is 4. The molecule has 1 heterocycles. The summed E-state index contributed by atoms with van der Waals surface area (Å²) < 4.78 is 0. The van der Waals surface area contributed by atoms with Gasteiger partial charge in [-0.1, -0.05) is 11.6 Å². The maximum Gasteiger partial charge on any atom is 0.152 e. The van der Waals surface area contributed by atoms with Crippen LogP contribution in [0.2, 0.25) is 5.02 Å². The van der Waals surface area contributed by atoms with E-state index in [-0.39, 0.29) is 0 Å². The molecule has 2 aromatic rings. The van der Waals surface area contributed by atoms with Gasteiger partial charge in [-0.15, -0.1) is 0 Å². The molecule has 2 rings (SSSR count). The second-order valence-corrected chi connectivity index (χ2v) is 4.47. The van der Waals surface area contributed by atoms with Crippen molar-refractivity contribution in [3.05, 3.63) is 58.9 Å². The van der Waals surface area contributed by atoms with E-state index in [1.807, 2.05) is 30.1 Å². The van der Waals surface area contributed by atoms with Crippen molar-refractivity contribution in [1.29, 1.82) is 0 Å². The summed E-state index contributed by atoms with van der Waals surface area (Å²) in [6.45, 7) is 0.713. The minimum atomic E-state index is 0.568. The Kier molecular flexibility index (Phi) is 3.95. The third kappa shape index (κ3) is 2.87. The largest absolute Gasteiger partial charge is 0.370 e. The monoisotopic (exact) mass is 260 g/mol. The summed E-state index contributed by atoms with van der Waals surface area (Å²) in [7, 11) is 1.94. The first kappa shape index (κ1) is 12.6. The molecule has 0 N–H and O–H groups in total. The van der Waals surface area contributed by atoms with Crippen LogP contribution in [-0.2, 0) is 6.54 Å². The molecule has 1 aromatic carbocycles. The van der Waals surface area contributed by atoms with Crippen LogP contribution in [0.3, 0.4) is 0 Å². The van der Waals surface area contributed by atoms with Gasteiger partial charge in [-0.2, -0.15) is 0 Å². The molecular weight excluding hydrogens is 248 g/mol. The molecule has 0 atom stereocenters. The number of anilines is 1. The molecule has 0 aliphatic rings. The number of benzene rings is 1. The molecule has 0 saturated heterocycles. The van der Waals surface area contributed by atoms with Gasteiger partial charge in [0.2, 0.25) is 0 Å². The van der Waals surface area contributed by atoms with Gasteiger partial charge < -0.3 is 4.90 Å². The maximum atomic E-state index is 11.0. The fourth-order valence-electron chi connectivity index (χ4n) is 1.81. The number of pyridine rings is 1. The zero-order valence-electron chi connectivity index (χ0n) is 10.0. The molecule has 92 valence electrons. The minimum absolute atomic E-state index is 0.568. The second kappa shape index (κ2) is 5.65. The van der Waals surface area contributed by atoms with Crippen molar-refractivity contribution in [2.24, 2.45) is 0 Å². The van der Waals surface area contributed by atoms with Gasteiger partial charge in [-0.05, 0) is 35.9 Å². The van der Waals surface area contributed by atoms with Crippen LogP contribution in [0.15, 0.2) is 42.7 Å². The van der Waals surface area contributed by atoms with E-state index in [0.29, 0.717) is 17.1 Å². The molecule has 0 aliphatic heterocycles. The van der Waals surface area contributed by atoms with Crippen LogP contribution in [0.1, 0.15) is 15.9 Å². The van der Waals surface area contributed by atoms with Crippen molar-refractivity contribution < 1.29 is 4.79 Å². The van der Waals surface area contributed by atoms with Gasteiger partial charge in [-0.3, -0.25) is 9.78 Å². The van der Waals surface area contributed by atoms with Gasteiger partial charge in [0.1, 0.15) is 0 Å². The molecule has 4 heteroatoms. The molecule has 0 fully saturated rings. The predicted molar refractivity (Wildman–Crippen MR) is 73.2 cm³/mol. The van der Waals surface area contributed by atoms with E-state index in [9.17, 15) is 4.79 Å². The number of hydrogen-bond acceptors (Lipinski definition) is 3. The quantitative estimate of drug-likeness (QED) is 0.792. The van der Waals surface area contributed by atoms with Crippen LogP contribution in [0.4, 0.5) is 5.69 Å². The van der Waals surface area contributed by atoms with E-state index in [1.54, 1.807) is 24.5 Å². The summed E-state index contributed by atoms with van der Waals surface area (Å²) in [6, 6.07) is 9.22. The lowest BCUT2D eigenvalue weighted by Crippen LogP contribution is -2.17. The summed E-state index contributed by atoms with van der Waals surface area (Å²) >= 11 is 5.87. The van der Waals surface area contributed by atoms with Gasteiger partial charge >= 0.3 is 0 Å². The van der Waals surface area contributed by atoms with Gasteiger partial charge in [0.05, 0.1) is 0 Å². The molecule has 1 aromatic heterocycles. The van der Waals surface area contributed by atoms with Crippen molar-refractivity contribution in [3.8, 4) is 0 Å². The normalized spacial score (nSPS) is 10.1. The van der Waals surface area contributed by atoms with Gasteiger partial charge in [0.25, 0.3) is 0 Å². The summed E-state index contributed by atoms with van der Waals surface area (Å²) in [6.07, 6.45) is 4.33. The average Bonchev–Trinajstić information content (AvgIpc) is 2.39. The van der Waals surface area contributed by atoms with Gasteiger partial charge in [0.15, 0.2) is 6.29 Å². The molecule has 0 aliphatic carbocycles. The lowest BCUT2D eigenvalue weighted by atomic mass is 10.1. The summed E-state index contributed by atoms with van der Waals surface area (Å²) in [5.41, 5.74) is 2.60. The number of carbonyl (C=O) groups is 1. The van der Waals surface area contributed by atoms with Crippen LogP contribution in [0, 0.1) is 0 Å². The fraction of sp³-hybridized carbons (Fsp3) is 0.143. The second-order valence-electron chi connectivity index (χ2n) is 4.03. The van der Waals surface area contributed by atoms with Crippen LogP contribution >= 0.6 is 11.6 Å².